The number of nitrogens with one attached hydrogen (secondary N) is 1. The molecule has 2 heterocycles. The maximum absolute atomic E-state index is 12.8. The van der Waals surface area contributed by atoms with Crippen molar-refractivity contribution < 1.29 is 23.1 Å². The third-order valence-electron chi connectivity index (χ3n) is 18.8. The molecule has 1 aromatic rings. The van der Waals surface area contributed by atoms with E-state index in [1.165, 1.54) is 74.3 Å². The highest BCUT2D eigenvalue weighted by Crippen LogP contribution is 2.76. The van der Waals surface area contributed by atoms with Crippen LogP contribution in [0.4, 0.5) is 0 Å². The smallest absolute Gasteiger partial charge is 0.313 e. The highest BCUT2D eigenvalue weighted by atomic mass is 32.2. The van der Waals surface area contributed by atoms with Crippen molar-refractivity contribution in [3.63, 3.8) is 0 Å². The van der Waals surface area contributed by atoms with Crippen LogP contribution in [-0.4, -0.2) is 79.2 Å². The Morgan fingerprint density at radius 1 is 1.00 bits per heavy atom. The lowest BCUT2D eigenvalue weighted by atomic mass is 9.33. The van der Waals surface area contributed by atoms with Gasteiger partial charge in [0.2, 0.25) is 5.88 Å². The molecule has 1 aliphatic heterocycles. The molecule has 7 aliphatic rings. The highest BCUT2D eigenvalue weighted by Gasteiger charge is 2.70. The Morgan fingerprint density at radius 3 is 2.44 bits per heavy atom. The van der Waals surface area contributed by atoms with Gasteiger partial charge in [0.1, 0.15) is 12.0 Å². The van der Waals surface area contributed by atoms with Gasteiger partial charge in [-0.15, -0.1) is 0 Å². The van der Waals surface area contributed by atoms with Crippen molar-refractivity contribution in [3.8, 4) is 11.9 Å². The molecule has 4 saturated carbocycles. The monoisotopic (exact) mass is 827 g/mol. The number of allylic oxidation sites excluding steroid dienone is 5. The van der Waals surface area contributed by atoms with E-state index >= 15 is 0 Å². The second-order valence-electron chi connectivity index (χ2n) is 21.6. The van der Waals surface area contributed by atoms with Gasteiger partial charge in [0.15, 0.2) is 9.84 Å². The molecule has 1 saturated heterocycles. The Labute approximate surface area is 354 Å². The first-order chi connectivity index (χ1) is 27.8. The minimum Gasteiger partial charge on any atom is -0.481 e. The Hall–Kier alpha value is -3.00. The molecule has 0 amide bonds. The summed E-state index contributed by atoms with van der Waals surface area (Å²) in [5, 5.41) is 24.0. The summed E-state index contributed by atoms with van der Waals surface area (Å²) in [7, 11) is -2.88. The molecule has 0 aromatic carbocycles. The zero-order valence-electron chi connectivity index (χ0n) is 36.7. The van der Waals surface area contributed by atoms with Crippen molar-refractivity contribution >= 4 is 15.8 Å². The summed E-state index contributed by atoms with van der Waals surface area (Å²) in [6, 6.07) is 5.28. The molecule has 0 radical (unpaired) electrons. The summed E-state index contributed by atoms with van der Waals surface area (Å²) in [4.78, 5) is 19.3. The van der Waals surface area contributed by atoms with Crippen LogP contribution in [0, 0.1) is 68.0 Å². The van der Waals surface area contributed by atoms with Gasteiger partial charge in [-0.3, -0.25) is 4.79 Å². The standard InChI is InChI=1S/C49H70N4O5S/c1-33(2)36-12-20-49(52-24-25-53-26-28-59(56,57)29-27-53)22-21-46(6)38(42(36)49)8-9-40-45(5)16-13-37(44(3,4)39(45)14-17-47(40,46)7)35-10-18-48(19-11-35,43(54)55)32-58-41-30-34(31-50)15-23-51-41/h10,13,15,23,30,36,38-40,42,52H,1,8-9,11-12,14,16-22,24-29,32H2,2-7H3,(H,54,55)/t36-,38+,39-,40+,42+,45-,46+,47+,48?,49-/m0/s1. The topological polar surface area (TPSA) is 133 Å². The lowest BCUT2D eigenvalue weighted by Crippen LogP contribution is -2.68. The van der Waals surface area contributed by atoms with Gasteiger partial charge in [-0.1, -0.05) is 58.9 Å². The summed E-state index contributed by atoms with van der Waals surface area (Å²) >= 11 is 0. The highest BCUT2D eigenvalue weighted by molar-refractivity contribution is 7.91. The Bertz CT molecular complexity index is 2060. The third-order valence-corrected chi connectivity index (χ3v) is 20.4. The number of nitriles is 1. The van der Waals surface area contributed by atoms with Crippen molar-refractivity contribution in [2.24, 2.45) is 56.7 Å². The lowest BCUT2D eigenvalue weighted by molar-refractivity contribution is -0.221. The van der Waals surface area contributed by atoms with E-state index in [0.29, 0.717) is 67.5 Å². The molecule has 0 bridgehead atoms. The first-order valence-electron chi connectivity index (χ1n) is 22.8. The molecular formula is C49H70N4O5S. The summed E-state index contributed by atoms with van der Waals surface area (Å²) in [6.45, 7) is 23.1. The van der Waals surface area contributed by atoms with Crippen LogP contribution in [0.5, 0.6) is 5.88 Å². The average molecular weight is 827 g/mol. The van der Waals surface area contributed by atoms with Gasteiger partial charge in [-0.25, -0.2) is 13.4 Å². The second kappa shape index (κ2) is 15.1. The van der Waals surface area contributed by atoms with Crippen molar-refractivity contribution in [2.75, 3.05) is 44.3 Å². The number of aliphatic carboxylic acids is 1. The largest absolute Gasteiger partial charge is 0.481 e. The van der Waals surface area contributed by atoms with E-state index in [9.17, 15) is 23.6 Å². The van der Waals surface area contributed by atoms with Gasteiger partial charge >= 0.3 is 5.97 Å². The molecule has 322 valence electrons. The van der Waals surface area contributed by atoms with Gasteiger partial charge in [0, 0.05) is 44.0 Å². The predicted molar refractivity (Wildman–Crippen MR) is 232 cm³/mol. The van der Waals surface area contributed by atoms with Crippen molar-refractivity contribution in [2.45, 2.75) is 124 Å². The fraction of sp³-hybridized carbons (Fsp3) is 0.735. The molecule has 10 heteroatoms. The van der Waals surface area contributed by atoms with Gasteiger partial charge in [-0.05, 0) is 152 Å². The van der Waals surface area contributed by atoms with Crippen LogP contribution in [0.3, 0.4) is 0 Å². The van der Waals surface area contributed by atoms with Crippen molar-refractivity contribution in [1.29, 1.82) is 5.26 Å². The fourth-order valence-corrected chi connectivity index (χ4v) is 16.6. The zero-order chi connectivity index (χ0) is 42.2. The van der Waals surface area contributed by atoms with Gasteiger partial charge in [-0.2, -0.15) is 5.26 Å². The Balaban J connectivity index is 1.00. The first kappa shape index (κ1) is 42.7. The van der Waals surface area contributed by atoms with E-state index in [0.717, 1.165) is 19.5 Å². The third kappa shape index (κ3) is 6.96. The molecule has 0 spiro atoms. The van der Waals surface area contributed by atoms with Crippen molar-refractivity contribution in [1.82, 2.24) is 15.2 Å². The molecule has 59 heavy (non-hydrogen) atoms. The Kier molecular flexibility index (Phi) is 10.9. The molecule has 10 atom stereocenters. The van der Waals surface area contributed by atoms with Gasteiger partial charge in [0.05, 0.1) is 23.1 Å². The van der Waals surface area contributed by atoms with Crippen LogP contribution in [0.1, 0.15) is 124 Å². The summed E-state index contributed by atoms with van der Waals surface area (Å²) in [5.74, 6) is 2.97. The fourth-order valence-electron chi connectivity index (χ4n) is 15.3. The lowest BCUT2D eigenvalue weighted by Gasteiger charge is -2.72. The van der Waals surface area contributed by atoms with Crippen LogP contribution >= 0.6 is 0 Å². The van der Waals surface area contributed by atoms with E-state index in [1.807, 2.05) is 0 Å². The summed E-state index contributed by atoms with van der Waals surface area (Å²) < 4.78 is 30.1. The number of hydrogen-bond acceptors (Lipinski definition) is 8. The van der Waals surface area contributed by atoms with E-state index in [-0.39, 0.29) is 51.2 Å². The average Bonchev–Trinajstić information content (AvgIpc) is 3.58. The molecule has 9 nitrogen and oxygen atoms in total. The summed E-state index contributed by atoms with van der Waals surface area (Å²) in [6.07, 6.45) is 18.9. The summed E-state index contributed by atoms with van der Waals surface area (Å²) in [5.41, 5.74) is 4.28. The molecule has 8 rings (SSSR count). The molecule has 2 N–H and O–H groups in total. The number of hydrogen-bond donors (Lipinski definition) is 2. The molecule has 1 aromatic heterocycles. The number of carboxylic acid groups (broad SMARTS) is 1. The van der Waals surface area contributed by atoms with Gasteiger partial charge < -0.3 is 20.1 Å². The SMILES string of the molecule is C=C(C)[C@@H]1CC[C@]2(NCCN3CCS(=O)(=O)CC3)CC[C@]3(C)[C@H](CC[C@@H]4[C@@]5(C)CC=C(C6=CCC(COc7cc(C#N)ccn7)(C(=O)O)CC6)C(C)(C)[C@@H]5CC[C@]43C)[C@@H]12. The molecular weight excluding hydrogens is 757 g/mol. The number of rotatable bonds is 10. The van der Waals surface area contributed by atoms with E-state index in [2.05, 4.69) is 81.5 Å². The van der Waals surface area contributed by atoms with Crippen LogP contribution in [-0.2, 0) is 14.6 Å². The number of fused-ring (bicyclic) bond motifs is 7. The van der Waals surface area contributed by atoms with Crippen LogP contribution in [0.15, 0.2) is 53.8 Å². The van der Waals surface area contributed by atoms with E-state index in [1.54, 1.807) is 12.1 Å². The minimum absolute atomic E-state index is 0.0230. The number of carboxylic acids is 1. The zero-order valence-corrected chi connectivity index (χ0v) is 37.6. The van der Waals surface area contributed by atoms with E-state index in [4.69, 9.17) is 4.74 Å². The van der Waals surface area contributed by atoms with Crippen LogP contribution in [0.2, 0.25) is 0 Å². The predicted octanol–water partition coefficient (Wildman–Crippen LogP) is 8.78. The molecule has 1 unspecified atom stereocenters. The maximum Gasteiger partial charge on any atom is 0.313 e. The quantitative estimate of drug-likeness (QED) is 0.222. The minimum atomic E-state index is -2.88. The Morgan fingerprint density at radius 2 is 1.76 bits per heavy atom. The van der Waals surface area contributed by atoms with Crippen molar-refractivity contribution in [3.05, 3.63) is 59.3 Å². The number of aromatic nitrogens is 1. The number of carbonyl (C=O) groups is 1. The maximum atomic E-state index is 12.8. The number of sulfone groups is 1. The molecule has 5 fully saturated rings. The first-order valence-corrected chi connectivity index (χ1v) is 24.6. The number of ether oxygens (including phenoxy) is 1. The number of pyridine rings is 1. The molecule has 6 aliphatic carbocycles. The van der Waals surface area contributed by atoms with Crippen LogP contribution < -0.4 is 10.1 Å². The second-order valence-corrected chi connectivity index (χ2v) is 23.9. The van der Waals surface area contributed by atoms with Crippen LogP contribution in [0.25, 0.3) is 0 Å². The number of nitrogens with zero attached hydrogens (tertiary/aromatic N) is 3. The normalized spacial score (nSPS) is 41.1. The van der Waals surface area contributed by atoms with Gasteiger partial charge in [0.25, 0.3) is 0 Å². The van der Waals surface area contributed by atoms with E-state index < -0.39 is 21.2 Å².